The molecule has 0 fully saturated rings. The molecular formula is C20H19NO3S. The average Bonchev–Trinajstić information content (AvgIpc) is 3.06. The number of carbonyl (C=O) groups is 2. The Hall–Kier alpha value is -2.66. The second-order valence-electron chi connectivity index (χ2n) is 5.88. The van der Waals surface area contributed by atoms with Gasteiger partial charge in [0.2, 0.25) is 0 Å². The van der Waals surface area contributed by atoms with E-state index in [4.69, 9.17) is 4.74 Å². The third kappa shape index (κ3) is 4.06. The van der Waals surface area contributed by atoms with Gasteiger partial charge >= 0.3 is 5.97 Å². The van der Waals surface area contributed by atoms with Crippen LogP contribution in [0, 0.1) is 0 Å². The highest BCUT2D eigenvalue weighted by Gasteiger charge is 2.23. The molecule has 25 heavy (non-hydrogen) atoms. The standard InChI is InChI=1S/C20H19NO3S/c1-14(19(22)21(2)13-15-8-4-3-5-9-15)24-20(23)18-12-16-10-6-7-11-17(16)25-18/h3-12,14H,13H2,1-2H3. The number of hydrogen-bond acceptors (Lipinski definition) is 4. The predicted molar refractivity (Wildman–Crippen MR) is 99.6 cm³/mol. The van der Waals surface area contributed by atoms with Gasteiger partial charge in [-0.1, -0.05) is 48.5 Å². The Morgan fingerprint density at radius 3 is 2.48 bits per heavy atom. The van der Waals surface area contributed by atoms with Crippen molar-refractivity contribution in [3.8, 4) is 0 Å². The Labute approximate surface area is 150 Å². The zero-order valence-corrected chi connectivity index (χ0v) is 15.0. The highest BCUT2D eigenvalue weighted by atomic mass is 32.1. The molecule has 0 aliphatic carbocycles. The fourth-order valence-corrected chi connectivity index (χ4v) is 3.54. The van der Waals surface area contributed by atoms with Crippen LogP contribution in [0.15, 0.2) is 60.7 Å². The molecule has 1 atom stereocenters. The van der Waals surface area contributed by atoms with Crippen LogP contribution in [0.3, 0.4) is 0 Å². The van der Waals surface area contributed by atoms with Crippen LogP contribution in [0.25, 0.3) is 10.1 Å². The van der Waals surface area contributed by atoms with Gasteiger partial charge < -0.3 is 9.64 Å². The van der Waals surface area contributed by atoms with Gasteiger partial charge in [0.25, 0.3) is 5.91 Å². The van der Waals surface area contributed by atoms with Crippen molar-refractivity contribution in [2.75, 3.05) is 7.05 Å². The van der Waals surface area contributed by atoms with Crippen LogP contribution in [0.4, 0.5) is 0 Å². The summed E-state index contributed by atoms with van der Waals surface area (Å²) in [6.45, 7) is 2.08. The van der Waals surface area contributed by atoms with Gasteiger partial charge in [-0.3, -0.25) is 4.79 Å². The van der Waals surface area contributed by atoms with E-state index in [2.05, 4.69) is 0 Å². The summed E-state index contributed by atoms with van der Waals surface area (Å²) in [5, 5.41) is 1.000. The molecule has 0 saturated carbocycles. The number of amides is 1. The van der Waals surface area contributed by atoms with E-state index in [-0.39, 0.29) is 5.91 Å². The summed E-state index contributed by atoms with van der Waals surface area (Å²) in [5.41, 5.74) is 1.03. The molecule has 4 nitrogen and oxygen atoms in total. The number of rotatable bonds is 5. The van der Waals surface area contributed by atoms with Crippen LogP contribution in [0.2, 0.25) is 0 Å². The number of thiophene rings is 1. The van der Waals surface area contributed by atoms with Crippen molar-refractivity contribution in [3.05, 3.63) is 71.1 Å². The fraction of sp³-hybridized carbons (Fsp3) is 0.200. The maximum Gasteiger partial charge on any atom is 0.349 e. The van der Waals surface area contributed by atoms with E-state index in [1.165, 1.54) is 11.3 Å². The molecule has 3 aromatic rings. The predicted octanol–water partition coefficient (Wildman–Crippen LogP) is 4.11. The second kappa shape index (κ2) is 7.49. The van der Waals surface area contributed by atoms with E-state index in [0.717, 1.165) is 15.6 Å². The number of likely N-dealkylation sites (N-methyl/N-ethyl adjacent to an activating group) is 1. The third-order valence-electron chi connectivity index (χ3n) is 3.90. The molecule has 1 unspecified atom stereocenters. The number of nitrogens with zero attached hydrogens (tertiary/aromatic N) is 1. The third-order valence-corrected chi connectivity index (χ3v) is 4.99. The van der Waals surface area contributed by atoms with Gasteiger partial charge in [-0.15, -0.1) is 11.3 Å². The van der Waals surface area contributed by atoms with Gasteiger partial charge in [0.15, 0.2) is 6.10 Å². The van der Waals surface area contributed by atoms with Crippen molar-refractivity contribution in [1.82, 2.24) is 4.90 Å². The Kier molecular flexibility index (Phi) is 5.14. The number of ether oxygens (including phenoxy) is 1. The number of hydrogen-bond donors (Lipinski definition) is 0. The van der Waals surface area contributed by atoms with Gasteiger partial charge in [-0.2, -0.15) is 0 Å². The molecule has 0 saturated heterocycles. The van der Waals surface area contributed by atoms with Crippen molar-refractivity contribution in [2.45, 2.75) is 19.6 Å². The van der Waals surface area contributed by atoms with Crippen LogP contribution >= 0.6 is 11.3 Å². The lowest BCUT2D eigenvalue weighted by atomic mass is 10.2. The molecule has 0 aliphatic rings. The smallest absolute Gasteiger partial charge is 0.349 e. The summed E-state index contributed by atoms with van der Waals surface area (Å²) in [6.07, 6.45) is -0.827. The molecule has 1 amide bonds. The molecule has 5 heteroatoms. The van der Waals surface area contributed by atoms with E-state index in [1.54, 1.807) is 24.9 Å². The van der Waals surface area contributed by atoms with E-state index >= 15 is 0 Å². The lowest BCUT2D eigenvalue weighted by Gasteiger charge is -2.21. The quantitative estimate of drug-likeness (QED) is 0.649. The zero-order chi connectivity index (χ0) is 17.8. The van der Waals surface area contributed by atoms with Crippen LogP contribution in [0.5, 0.6) is 0 Å². The van der Waals surface area contributed by atoms with E-state index in [9.17, 15) is 9.59 Å². The molecule has 0 N–H and O–H groups in total. The molecule has 2 aromatic carbocycles. The van der Waals surface area contributed by atoms with E-state index in [0.29, 0.717) is 11.4 Å². The van der Waals surface area contributed by atoms with Crippen molar-refractivity contribution >= 4 is 33.3 Å². The first-order valence-corrected chi connectivity index (χ1v) is 8.84. The molecule has 0 radical (unpaired) electrons. The molecule has 0 spiro atoms. The Balaban J connectivity index is 1.63. The minimum Gasteiger partial charge on any atom is -0.448 e. The summed E-state index contributed by atoms with van der Waals surface area (Å²) < 4.78 is 6.39. The van der Waals surface area contributed by atoms with Gasteiger partial charge in [0.05, 0.1) is 0 Å². The summed E-state index contributed by atoms with van der Waals surface area (Å²) in [5.74, 6) is -0.687. The van der Waals surface area contributed by atoms with Gasteiger partial charge in [0.1, 0.15) is 4.88 Å². The van der Waals surface area contributed by atoms with Crippen molar-refractivity contribution < 1.29 is 14.3 Å². The average molecular weight is 353 g/mol. The lowest BCUT2D eigenvalue weighted by molar-refractivity contribution is -0.139. The van der Waals surface area contributed by atoms with Gasteiger partial charge in [-0.05, 0) is 30.0 Å². The van der Waals surface area contributed by atoms with E-state index < -0.39 is 12.1 Å². The summed E-state index contributed by atoms with van der Waals surface area (Å²) in [7, 11) is 1.71. The molecule has 1 heterocycles. The van der Waals surface area contributed by atoms with Crippen molar-refractivity contribution in [3.63, 3.8) is 0 Å². The highest BCUT2D eigenvalue weighted by molar-refractivity contribution is 7.20. The summed E-state index contributed by atoms with van der Waals surface area (Å²) in [6, 6.07) is 19.3. The fourth-order valence-electron chi connectivity index (χ4n) is 2.60. The van der Waals surface area contributed by atoms with Crippen LogP contribution in [0.1, 0.15) is 22.2 Å². The SMILES string of the molecule is CC(OC(=O)c1cc2ccccc2s1)C(=O)N(C)Cc1ccccc1. The number of esters is 1. The van der Waals surface area contributed by atoms with Gasteiger partial charge in [0, 0.05) is 18.3 Å². The second-order valence-corrected chi connectivity index (χ2v) is 6.96. The molecule has 1 aromatic heterocycles. The Morgan fingerprint density at radius 1 is 1.08 bits per heavy atom. The molecule has 128 valence electrons. The number of carbonyl (C=O) groups excluding carboxylic acids is 2. The van der Waals surface area contributed by atoms with Crippen molar-refractivity contribution in [2.24, 2.45) is 0 Å². The van der Waals surface area contributed by atoms with Gasteiger partial charge in [-0.25, -0.2) is 4.79 Å². The summed E-state index contributed by atoms with van der Waals surface area (Å²) in [4.78, 5) is 26.8. The first kappa shape index (κ1) is 17.2. The topological polar surface area (TPSA) is 46.6 Å². The summed E-state index contributed by atoms with van der Waals surface area (Å²) >= 11 is 1.37. The molecule has 0 aliphatic heterocycles. The molecule has 3 rings (SSSR count). The lowest BCUT2D eigenvalue weighted by Crippen LogP contribution is -2.37. The first-order chi connectivity index (χ1) is 12.0. The first-order valence-electron chi connectivity index (χ1n) is 8.03. The Bertz CT molecular complexity index is 855. The maximum atomic E-state index is 12.4. The molecule has 0 bridgehead atoms. The molecular weight excluding hydrogens is 334 g/mol. The van der Waals surface area contributed by atoms with Crippen molar-refractivity contribution in [1.29, 1.82) is 0 Å². The van der Waals surface area contributed by atoms with Crippen LogP contribution in [-0.4, -0.2) is 29.9 Å². The van der Waals surface area contributed by atoms with Crippen LogP contribution in [-0.2, 0) is 16.1 Å². The number of benzene rings is 2. The largest absolute Gasteiger partial charge is 0.448 e. The highest BCUT2D eigenvalue weighted by Crippen LogP contribution is 2.26. The zero-order valence-electron chi connectivity index (χ0n) is 14.1. The van der Waals surface area contributed by atoms with Crippen LogP contribution < -0.4 is 0 Å². The normalized spacial score (nSPS) is 11.9. The number of fused-ring (bicyclic) bond motifs is 1. The maximum absolute atomic E-state index is 12.4. The van der Waals surface area contributed by atoms with E-state index in [1.807, 2.05) is 54.6 Å². The Morgan fingerprint density at radius 2 is 1.76 bits per heavy atom. The minimum absolute atomic E-state index is 0.224. The minimum atomic E-state index is -0.827. The monoisotopic (exact) mass is 353 g/mol.